The number of nitrogens with one attached hydrogen (secondary N) is 3. The number of fused-ring (bicyclic) bond motifs is 4. The fourth-order valence-corrected chi connectivity index (χ4v) is 7.25. The highest BCUT2D eigenvalue weighted by Gasteiger charge is 2.30. The van der Waals surface area contributed by atoms with Gasteiger partial charge in [0, 0.05) is 34.8 Å². The van der Waals surface area contributed by atoms with Crippen molar-refractivity contribution < 1.29 is 19.1 Å². The van der Waals surface area contributed by atoms with Crippen molar-refractivity contribution >= 4 is 41.9 Å². The van der Waals surface area contributed by atoms with E-state index < -0.39 is 14.4 Å². The second kappa shape index (κ2) is 13.0. The van der Waals surface area contributed by atoms with Gasteiger partial charge in [0.1, 0.15) is 17.6 Å². The molecule has 0 saturated carbocycles. The second-order valence-electron chi connectivity index (χ2n) is 12.4. The number of H-pyrrole nitrogens is 1. The Balaban J connectivity index is 1.13. The van der Waals surface area contributed by atoms with Gasteiger partial charge in [0.25, 0.3) is 0 Å². The minimum atomic E-state index is -2.44. The van der Waals surface area contributed by atoms with Gasteiger partial charge in [-0.2, -0.15) is 0 Å². The molecule has 3 heterocycles. The van der Waals surface area contributed by atoms with E-state index in [1.54, 1.807) is 7.11 Å². The first kappa shape index (κ1) is 31.9. The molecule has 0 spiro atoms. The molecule has 0 radical (unpaired) electrons. The minimum Gasteiger partial charge on any atom is -0.497 e. The maximum Gasteiger partial charge on any atom is 0.239 e. The van der Waals surface area contributed by atoms with Gasteiger partial charge >= 0.3 is 0 Å². The van der Waals surface area contributed by atoms with Crippen LogP contribution in [0.25, 0.3) is 16.6 Å². The van der Waals surface area contributed by atoms with Gasteiger partial charge < -0.3 is 25.2 Å². The van der Waals surface area contributed by atoms with Crippen molar-refractivity contribution in [3.8, 4) is 11.4 Å². The van der Waals surface area contributed by atoms with Crippen molar-refractivity contribution in [2.45, 2.75) is 45.8 Å². The Labute approximate surface area is 274 Å². The van der Waals surface area contributed by atoms with Crippen LogP contribution in [0.1, 0.15) is 46.4 Å². The summed E-state index contributed by atoms with van der Waals surface area (Å²) >= 11 is 0. The molecule has 6 rings (SSSR count). The summed E-state index contributed by atoms with van der Waals surface area (Å²) in [5, 5.41) is 16.4. The number of benzene rings is 3. The molecule has 1 unspecified atom stereocenters. The van der Waals surface area contributed by atoms with Crippen LogP contribution in [0, 0.1) is 13.8 Å². The molecule has 242 valence electrons. The third-order valence-corrected chi connectivity index (χ3v) is 10.2. The molecule has 5 aromatic rings. The summed E-state index contributed by atoms with van der Waals surface area (Å²) in [6.07, 6.45) is 2.50. The van der Waals surface area contributed by atoms with E-state index in [0.29, 0.717) is 30.4 Å². The van der Waals surface area contributed by atoms with Gasteiger partial charge in [-0.05, 0) is 68.4 Å². The first-order chi connectivity index (χ1) is 22.5. The highest BCUT2D eigenvalue weighted by Crippen LogP contribution is 2.34. The van der Waals surface area contributed by atoms with Crippen LogP contribution in [0.15, 0.2) is 71.9 Å². The van der Waals surface area contributed by atoms with Crippen molar-refractivity contribution in [2.24, 2.45) is 4.99 Å². The summed E-state index contributed by atoms with van der Waals surface area (Å²) in [5.41, 5.74) is 6.46. The van der Waals surface area contributed by atoms with E-state index in [2.05, 4.69) is 25.8 Å². The molecule has 1 aliphatic heterocycles. The molecule has 2 aromatic heterocycles. The molecule has 3 aromatic carbocycles. The number of ether oxygens (including phenoxy) is 1. The predicted molar refractivity (Wildman–Crippen MR) is 184 cm³/mol. The van der Waals surface area contributed by atoms with Gasteiger partial charge in [0.2, 0.25) is 20.1 Å². The number of hydrogen-bond acceptors (Lipinski definition) is 7. The van der Waals surface area contributed by atoms with E-state index in [9.17, 15) is 14.4 Å². The first-order valence-electron chi connectivity index (χ1n) is 15.6. The van der Waals surface area contributed by atoms with Gasteiger partial charge in [-0.3, -0.25) is 19.1 Å². The lowest BCUT2D eigenvalue weighted by Crippen LogP contribution is -2.40. The van der Waals surface area contributed by atoms with Gasteiger partial charge in [-0.15, -0.1) is 10.2 Å². The quantitative estimate of drug-likeness (QED) is 0.170. The number of aryl methyl sites for hydroxylation is 2. The minimum absolute atomic E-state index is 0.0163. The fourth-order valence-electron chi connectivity index (χ4n) is 5.95. The molecule has 1 atom stereocenters. The van der Waals surface area contributed by atoms with Crippen LogP contribution in [0.3, 0.4) is 0 Å². The number of nitrogens with zero attached hydrogens (tertiary/aromatic N) is 4. The average molecular weight is 650 g/mol. The SMILES string of the molecule is COc1ccc2c(c1)C(c1ccc(C)cc1)=NC(CC(=O)NCC(=O)NCCc1ccc3c([Si](C)(C)O)c[nH]c3c1)c1nnc(C)n1-2. The lowest BCUT2D eigenvalue weighted by molar-refractivity contribution is -0.126. The summed E-state index contributed by atoms with van der Waals surface area (Å²) in [5.74, 6) is 1.30. The molecular weight excluding hydrogens is 611 g/mol. The smallest absolute Gasteiger partial charge is 0.239 e. The largest absolute Gasteiger partial charge is 0.497 e. The fraction of sp³-hybridized carbons (Fsp3) is 0.286. The Morgan fingerprint density at radius 1 is 1.00 bits per heavy atom. The Hall–Kier alpha value is -5.07. The van der Waals surface area contributed by atoms with E-state index in [0.717, 1.165) is 49.7 Å². The van der Waals surface area contributed by atoms with Gasteiger partial charge in [-0.25, -0.2) is 0 Å². The highest BCUT2D eigenvalue weighted by atomic mass is 28.4. The lowest BCUT2D eigenvalue weighted by Gasteiger charge is -2.14. The number of amides is 2. The Bertz CT molecular complexity index is 1990. The van der Waals surface area contributed by atoms with Crippen molar-refractivity contribution in [3.63, 3.8) is 0 Å². The normalized spacial score (nSPS) is 14.2. The number of carbonyl (C=O) groups is 2. The maximum atomic E-state index is 13.2. The summed E-state index contributed by atoms with van der Waals surface area (Å²) in [4.78, 5) is 44.8. The number of rotatable bonds is 10. The van der Waals surface area contributed by atoms with E-state index in [1.165, 1.54) is 0 Å². The van der Waals surface area contributed by atoms with Crippen LogP contribution in [0.5, 0.6) is 5.75 Å². The molecule has 0 bridgehead atoms. The molecule has 11 nitrogen and oxygen atoms in total. The standard InChI is InChI=1S/C35H39N7O4Si/c1-21-6-9-24(10-7-21)34-27-17-25(46-3)11-13-30(27)42-22(2)40-41-35(42)29(39-34)18-32(43)38-20-33(44)36-15-14-23-8-12-26-28(16-23)37-19-31(26)47(4,5)45/h6-13,16-17,19,29,37,45H,14-15,18,20H2,1-5H3,(H,36,44)(H,38,43). The number of methoxy groups -OCH3 is 1. The average Bonchev–Trinajstić information content (AvgIpc) is 3.62. The summed E-state index contributed by atoms with van der Waals surface area (Å²) in [6, 6.07) is 19.3. The van der Waals surface area contributed by atoms with Crippen LogP contribution >= 0.6 is 0 Å². The Morgan fingerprint density at radius 2 is 1.79 bits per heavy atom. The zero-order valence-corrected chi connectivity index (χ0v) is 28.2. The molecule has 0 aliphatic carbocycles. The summed E-state index contributed by atoms with van der Waals surface area (Å²) in [6.45, 7) is 7.96. The summed E-state index contributed by atoms with van der Waals surface area (Å²) < 4.78 is 7.48. The van der Waals surface area contributed by atoms with Crippen molar-refractivity contribution in [2.75, 3.05) is 20.2 Å². The lowest BCUT2D eigenvalue weighted by atomic mass is 9.99. The second-order valence-corrected chi connectivity index (χ2v) is 16.1. The number of carbonyl (C=O) groups excluding carboxylic acids is 2. The van der Waals surface area contributed by atoms with Crippen LogP contribution < -0.4 is 20.6 Å². The zero-order valence-electron chi connectivity index (χ0n) is 27.2. The molecule has 0 saturated heterocycles. The molecule has 2 amide bonds. The monoisotopic (exact) mass is 649 g/mol. The number of aromatic amines is 1. The first-order valence-corrected chi connectivity index (χ1v) is 18.6. The van der Waals surface area contributed by atoms with Gasteiger partial charge in [-0.1, -0.05) is 42.0 Å². The van der Waals surface area contributed by atoms with E-state index in [4.69, 9.17) is 9.73 Å². The van der Waals surface area contributed by atoms with Crippen LogP contribution in [0.2, 0.25) is 13.1 Å². The summed E-state index contributed by atoms with van der Waals surface area (Å²) in [7, 11) is -0.814. The predicted octanol–water partition coefficient (Wildman–Crippen LogP) is 3.54. The number of hydrogen-bond donors (Lipinski definition) is 4. The molecule has 0 fully saturated rings. The molecule has 12 heteroatoms. The molecule has 4 N–H and O–H groups in total. The third kappa shape index (κ3) is 6.74. The van der Waals surface area contributed by atoms with Crippen LogP contribution in [-0.2, 0) is 16.0 Å². The van der Waals surface area contributed by atoms with Crippen LogP contribution in [-0.4, -0.2) is 70.6 Å². The Morgan fingerprint density at radius 3 is 2.53 bits per heavy atom. The van der Waals surface area contributed by atoms with Crippen molar-refractivity contribution in [1.29, 1.82) is 0 Å². The topological polar surface area (TPSA) is 147 Å². The van der Waals surface area contributed by atoms with E-state index in [-0.39, 0.29) is 24.8 Å². The van der Waals surface area contributed by atoms with Crippen molar-refractivity contribution in [3.05, 3.63) is 101 Å². The van der Waals surface area contributed by atoms with Gasteiger partial charge in [0.05, 0.1) is 31.5 Å². The third-order valence-electron chi connectivity index (χ3n) is 8.42. The Kier molecular flexibility index (Phi) is 8.80. The van der Waals surface area contributed by atoms with Crippen LogP contribution in [0.4, 0.5) is 0 Å². The van der Waals surface area contributed by atoms with Crippen molar-refractivity contribution in [1.82, 2.24) is 30.4 Å². The van der Waals surface area contributed by atoms with E-state index >= 15 is 0 Å². The molecule has 1 aliphatic rings. The number of aliphatic imine (C=N–C) groups is 1. The molecular formula is C35H39N7O4Si. The highest BCUT2D eigenvalue weighted by molar-refractivity contribution is 6.85. The van der Waals surface area contributed by atoms with Gasteiger partial charge in [0.15, 0.2) is 5.82 Å². The number of aromatic nitrogens is 4. The maximum absolute atomic E-state index is 13.2. The zero-order chi connectivity index (χ0) is 33.3. The molecule has 47 heavy (non-hydrogen) atoms. The van der Waals surface area contributed by atoms with E-state index in [1.807, 2.05) is 98.4 Å².